The summed E-state index contributed by atoms with van der Waals surface area (Å²) in [6.07, 6.45) is 2.42. The topological polar surface area (TPSA) is 0 Å². The fourth-order valence-corrected chi connectivity index (χ4v) is 3.08. The molecule has 0 amide bonds. The van der Waals surface area contributed by atoms with E-state index in [1.807, 2.05) is 60.7 Å². The Kier molecular flexibility index (Phi) is 13.7. The first-order valence-corrected chi connectivity index (χ1v) is 9.05. The van der Waals surface area contributed by atoms with E-state index in [2.05, 4.69) is 62.4 Å². The van der Waals surface area contributed by atoms with Crippen molar-refractivity contribution in [3.63, 3.8) is 0 Å². The molecule has 0 spiro atoms. The van der Waals surface area contributed by atoms with Gasteiger partial charge in [0.25, 0.3) is 0 Å². The Bertz CT molecular complexity index is 620. The van der Waals surface area contributed by atoms with Crippen molar-refractivity contribution >= 4 is 0 Å². The molecular weight excluding hydrogens is 412 g/mol. The van der Waals surface area contributed by atoms with Crippen molar-refractivity contribution < 1.29 is 34.1 Å². The average Bonchev–Trinajstić information content (AvgIpc) is 3.48. The molecule has 0 atom stereocenters. The Morgan fingerprint density at radius 3 is 1.30 bits per heavy atom. The summed E-state index contributed by atoms with van der Waals surface area (Å²) >= 11 is 0. The average molecular weight is 440 g/mol. The summed E-state index contributed by atoms with van der Waals surface area (Å²) in [5, 5.41) is 0. The molecule has 0 heterocycles. The normalized spacial score (nSPS) is 9.56. The summed E-state index contributed by atoms with van der Waals surface area (Å²) in [6.45, 7) is 4.60. The van der Waals surface area contributed by atoms with Gasteiger partial charge in [0.05, 0.1) is 0 Å². The fraction of sp³-hybridized carbons (Fsp3) is 0.200. The maximum Gasteiger partial charge on any atom is 0 e. The van der Waals surface area contributed by atoms with Crippen LogP contribution in [-0.4, -0.2) is 0 Å². The van der Waals surface area contributed by atoms with Crippen molar-refractivity contribution in [2.75, 3.05) is 0 Å². The Labute approximate surface area is 186 Å². The van der Waals surface area contributed by atoms with Crippen molar-refractivity contribution in [1.82, 2.24) is 0 Å². The first-order chi connectivity index (χ1) is 12.3. The molecule has 0 unspecified atom stereocenters. The molecule has 0 aliphatic carbocycles. The Morgan fingerprint density at radius 1 is 0.667 bits per heavy atom. The molecule has 152 valence electrons. The minimum Gasteiger partial charge on any atom is -0.748 e. The minimum atomic E-state index is 0. The van der Waals surface area contributed by atoms with Crippen molar-refractivity contribution in [3.8, 4) is 0 Å². The van der Waals surface area contributed by atoms with Crippen molar-refractivity contribution in [3.05, 3.63) is 120 Å². The molecular formula is C25H28Fe2-8. The molecule has 0 aromatic heterocycles. The quantitative estimate of drug-likeness (QED) is 0.236. The predicted octanol–water partition coefficient (Wildman–Crippen LogP) is 7.04. The number of hydrogen-bond donors (Lipinski definition) is 0. The second-order valence-corrected chi connectivity index (χ2v) is 6.35. The summed E-state index contributed by atoms with van der Waals surface area (Å²) in [6, 6.07) is 37.5. The Hall–Kier alpha value is -1.56. The minimum absolute atomic E-state index is 0. The van der Waals surface area contributed by atoms with Crippen LogP contribution in [0.4, 0.5) is 0 Å². The van der Waals surface area contributed by atoms with Gasteiger partial charge in [0.2, 0.25) is 0 Å². The summed E-state index contributed by atoms with van der Waals surface area (Å²) in [5.74, 6) is 0. The van der Waals surface area contributed by atoms with Gasteiger partial charge in [0.1, 0.15) is 0 Å². The van der Waals surface area contributed by atoms with Crippen molar-refractivity contribution in [2.45, 2.75) is 32.1 Å². The summed E-state index contributed by atoms with van der Waals surface area (Å²) in [7, 11) is 0. The SMILES string of the molecule is CCCC(C)([c-]1cccc1)[c-]1cccc1.[Fe].[Fe].[cH-]1[cH-][cH-][cH-][cH-]1.c1cc[cH-]c1. The van der Waals surface area contributed by atoms with E-state index in [4.69, 9.17) is 0 Å². The molecule has 4 aromatic carbocycles. The first kappa shape index (κ1) is 25.4. The molecule has 0 aliphatic rings. The second-order valence-electron chi connectivity index (χ2n) is 6.35. The predicted molar refractivity (Wildman–Crippen MR) is 110 cm³/mol. The number of hydrogen-bond acceptors (Lipinski definition) is 0. The second kappa shape index (κ2) is 14.5. The van der Waals surface area contributed by atoms with E-state index in [1.54, 1.807) is 0 Å². The van der Waals surface area contributed by atoms with E-state index in [0.29, 0.717) is 0 Å². The van der Waals surface area contributed by atoms with Gasteiger partial charge in [-0.1, -0.05) is 32.1 Å². The standard InChI is InChI=1S/C15H18.2C5H5.2Fe/c1-3-12-15(2,13-8-4-5-9-13)14-10-6-7-11-14;2*1-2-4-5-3-1;;/h4-11H,3,12H2,1-2H3;2*1-5H;;/q-2;-5;-1;;. The molecule has 27 heavy (non-hydrogen) atoms. The van der Waals surface area contributed by atoms with Gasteiger partial charge in [0, 0.05) is 34.1 Å². The van der Waals surface area contributed by atoms with E-state index in [1.165, 1.54) is 24.0 Å². The van der Waals surface area contributed by atoms with Crippen LogP contribution in [0.3, 0.4) is 0 Å². The van der Waals surface area contributed by atoms with Gasteiger partial charge in [-0.3, -0.25) is 0 Å². The van der Waals surface area contributed by atoms with Crippen LogP contribution in [0.1, 0.15) is 37.8 Å². The third kappa shape index (κ3) is 8.33. The van der Waals surface area contributed by atoms with Crippen LogP contribution in [0.25, 0.3) is 0 Å². The zero-order valence-electron chi connectivity index (χ0n) is 16.0. The van der Waals surface area contributed by atoms with Crippen molar-refractivity contribution in [2.24, 2.45) is 0 Å². The third-order valence-electron chi connectivity index (χ3n) is 4.46. The van der Waals surface area contributed by atoms with Gasteiger partial charge in [-0.25, -0.2) is 36.4 Å². The summed E-state index contributed by atoms with van der Waals surface area (Å²) < 4.78 is 0. The molecule has 4 aromatic rings. The molecule has 0 radical (unpaired) electrons. The zero-order chi connectivity index (χ0) is 17.8. The molecule has 0 nitrogen and oxygen atoms in total. The third-order valence-corrected chi connectivity index (χ3v) is 4.46. The molecule has 0 aliphatic heterocycles. The molecule has 0 bridgehead atoms. The first-order valence-electron chi connectivity index (χ1n) is 9.05. The van der Waals surface area contributed by atoms with E-state index >= 15 is 0 Å². The molecule has 0 N–H and O–H groups in total. The van der Waals surface area contributed by atoms with Crippen LogP contribution in [0, 0.1) is 0 Å². The van der Waals surface area contributed by atoms with Crippen LogP contribution in [0.5, 0.6) is 0 Å². The van der Waals surface area contributed by atoms with Gasteiger partial charge in [0.15, 0.2) is 0 Å². The van der Waals surface area contributed by atoms with Crippen molar-refractivity contribution in [1.29, 1.82) is 0 Å². The van der Waals surface area contributed by atoms with Gasteiger partial charge >= 0.3 is 0 Å². The summed E-state index contributed by atoms with van der Waals surface area (Å²) in [4.78, 5) is 0. The van der Waals surface area contributed by atoms with Crippen LogP contribution < -0.4 is 0 Å². The van der Waals surface area contributed by atoms with Gasteiger partial charge in [-0.2, -0.15) is 53.6 Å². The van der Waals surface area contributed by atoms with E-state index < -0.39 is 0 Å². The smallest absolute Gasteiger partial charge is 0 e. The molecule has 2 heteroatoms. The van der Waals surface area contributed by atoms with Gasteiger partial charge < -0.3 is 30.3 Å². The van der Waals surface area contributed by atoms with E-state index in [-0.39, 0.29) is 39.6 Å². The zero-order valence-corrected chi connectivity index (χ0v) is 18.2. The van der Waals surface area contributed by atoms with Gasteiger partial charge in [-0.15, -0.1) is 0 Å². The summed E-state index contributed by atoms with van der Waals surface area (Å²) in [5.41, 5.74) is 3.08. The van der Waals surface area contributed by atoms with Crippen LogP contribution in [0.15, 0.2) is 109 Å². The van der Waals surface area contributed by atoms with Crippen LogP contribution in [0.2, 0.25) is 0 Å². The number of rotatable bonds is 4. The fourth-order valence-electron chi connectivity index (χ4n) is 3.08. The monoisotopic (exact) mass is 440 g/mol. The molecule has 4 rings (SSSR count). The Balaban J connectivity index is 0.000000465. The van der Waals surface area contributed by atoms with E-state index in [9.17, 15) is 0 Å². The maximum atomic E-state index is 2.35. The molecule has 0 fully saturated rings. The molecule has 0 saturated carbocycles. The van der Waals surface area contributed by atoms with Crippen LogP contribution >= 0.6 is 0 Å². The van der Waals surface area contributed by atoms with Gasteiger partial charge in [-0.05, 0) is 0 Å². The van der Waals surface area contributed by atoms with Crippen LogP contribution in [-0.2, 0) is 39.6 Å². The maximum absolute atomic E-state index is 2.35. The Morgan fingerprint density at radius 2 is 1.04 bits per heavy atom. The van der Waals surface area contributed by atoms with E-state index in [0.717, 1.165) is 0 Å². The largest absolute Gasteiger partial charge is 0.748 e. The molecule has 0 saturated heterocycles.